The molecule has 1 unspecified atom stereocenters. The molecule has 1 saturated heterocycles. The molecule has 1 aliphatic rings. The van der Waals surface area contributed by atoms with Gasteiger partial charge in [-0.3, -0.25) is 4.90 Å². The Labute approximate surface area is 94.5 Å². The van der Waals surface area contributed by atoms with Gasteiger partial charge in [-0.25, -0.2) is 0 Å². The fraction of sp³-hybridized carbons (Fsp3) is 0.800. The first-order valence-corrected chi connectivity index (χ1v) is 6.39. The molecule has 84 valence electrons. The van der Waals surface area contributed by atoms with Crippen LogP contribution in [0.25, 0.3) is 0 Å². The highest BCUT2D eigenvalue weighted by Gasteiger charge is 2.19. The standard InChI is InChI=1S/C10H18N4S/c1-2-8-4-3-5-14(6-8)7-9-12-13-10(11)15-9/h8H,2-7H2,1H3,(H2,11,13). The van der Waals surface area contributed by atoms with Crippen molar-refractivity contribution in [2.24, 2.45) is 5.92 Å². The number of nitrogen functional groups attached to an aromatic ring is 1. The maximum atomic E-state index is 5.56. The van der Waals surface area contributed by atoms with E-state index in [4.69, 9.17) is 5.73 Å². The van der Waals surface area contributed by atoms with Crippen LogP contribution in [0.5, 0.6) is 0 Å². The number of nitrogens with zero attached hydrogens (tertiary/aromatic N) is 3. The maximum absolute atomic E-state index is 5.56. The van der Waals surface area contributed by atoms with Gasteiger partial charge in [0, 0.05) is 6.54 Å². The lowest BCUT2D eigenvalue weighted by molar-refractivity contribution is 0.164. The third-order valence-corrected chi connectivity index (χ3v) is 3.76. The molecule has 4 nitrogen and oxygen atoms in total. The van der Waals surface area contributed by atoms with Gasteiger partial charge >= 0.3 is 0 Å². The van der Waals surface area contributed by atoms with Crippen LogP contribution in [0.3, 0.4) is 0 Å². The third kappa shape index (κ3) is 2.89. The Morgan fingerprint density at radius 2 is 2.40 bits per heavy atom. The Bertz CT molecular complexity index is 312. The second-order valence-corrected chi connectivity index (χ2v) is 5.28. The molecule has 15 heavy (non-hydrogen) atoms. The first kappa shape index (κ1) is 10.8. The molecule has 0 aliphatic carbocycles. The number of nitrogens with two attached hydrogens (primary N) is 1. The summed E-state index contributed by atoms with van der Waals surface area (Å²) < 4.78 is 0. The number of rotatable bonds is 3. The molecule has 0 amide bonds. The molecule has 0 saturated carbocycles. The fourth-order valence-corrected chi connectivity index (χ4v) is 2.80. The van der Waals surface area contributed by atoms with Crippen LogP contribution < -0.4 is 5.73 Å². The summed E-state index contributed by atoms with van der Waals surface area (Å²) in [7, 11) is 0. The number of anilines is 1. The zero-order valence-electron chi connectivity index (χ0n) is 9.15. The van der Waals surface area contributed by atoms with Gasteiger partial charge in [0.05, 0.1) is 6.54 Å². The van der Waals surface area contributed by atoms with Gasteiger partial charge in [0.25, 0.3) is 0 Å². The number of likely N-dealkylation sites (tertiary alicyclic amines) is 1. The summed E-state index contributed by atoms with van der Waals surface area (Å²) in [6.45, 7) is 5.59. The van der Waals surface area contributed by atoms with Crippen molar-refractivity contribution in [3.63, 3.8) is 0 Å². The van der Waals surface area contributed by atoms with Crippen LogP contribution in [-0.4, -0.2) is 28.2 Å². The summed E-state index contributed by atoms with van der Waals surface area (Å²) in [5.41, 5.74) is 5.56. The van der Waals surface area contributed by atoms with E-state index in [1.165, 1.54) is 43.7 Å². The molecule has 0 radical (unpaired) electrons. The van der Waals surface area contributed by atoms with Crippen LogP contribution >= 0.6 is 11.3 Å². The van der Waals surface area contributed by atoms with Gasteiger partial charge in [-0.1, -0.05) is 24.7 Å². The highest BCUT2D eigenvalue weighted by Crippen LogP contribution is 2.22. The topological polar surface area (TPSA) is 55.0 Å². The van der Waals surface area contributed by atoms with E-state index in [0.29, 0.717) is 5.13 Å². The molecule has 5 heteroatoms. The van der Waals surface area contributed by atoms with E-state index in [2.05, 4.69) is 22.0 Å². The second-order valence-electron chi connectivity index (χ2n) is 4.19. The van der Waals surface area contributed by atoms with Crippen LogP contribution in [-0.2, 0) is 6.54 Å². The molecule has 1 aliphatic heterocycles. The zero-order valence-corrected chi connectivity index (χ0v) is 9.96. The molecule has 1 aromatic heterocycles. The Kier molecular flexibility index (Phi) is 3.53. The van der Waals surface area contributed by atoms with E-state index in [1.807, 2.05) is 0 Å². The predicted molar refractivity (Wildman–Crippen MR) is 62.6 cm³/mol. The van der Waals surface area contributed by atoms with E-state index in [9.17, 15) is 0 Å². The number of hydrogen-bond donors (Lipinski definition) is 1. The van der Waals surface area contributed by atoms with E-state index in [-0.39, 0.29) is 0 Å². The summed E-state index contributed by atoms with van der Waals surface area (Å²) in [6.07, 6.45) is 3.98. The molecule has 1 atom stereocenters. The second kappa shape index (κ2) is 4.90. The monoisotopic (exact) mass is 226 g/mol. The van der Waals surface area contributed by atoms with Crippen LogP contribution in [0.15, 0.2) is 0 Å². The number of hydrogen-bond acceptors (Lipinski definition) is 5. The molecular formula is C10H18N4S. The smallest absolute Gasteiger partial charge is 0.203 e. The zero-order chi connectivity index (χ0) is 10.7. The SMILES string of the molecule is CCC1CCCN(Cc2nnc(N)s2)C1. The first-order valence-electron chi connectivity index (χ1n) is 5.58. The Morgan fingerprint density at radius 1 is 1.53 bits per heavy atom. The maximum Gasteiger partial charge on any atom is 0.203 e. The summed E-state index contributed by atoms with van der Waals surface area (Å²) >= 11 is 1.50. The van der Waals surface area contributed by atoms with Crippen molar-refractivity contribution in [1.82, 2.24) is 15.1 Å². The molecule has 0 spiro atoms. The van der Waals surface area contributed by atoms with Crippen molar-refractivity contribution in [2.75, 3.05) is 18.8 Å². The average molecular weight is 226 g/mol. The van der Waals surface area contributed by atoms with Crippen molar-refractivity contribution in [1.29, 1.82) is 0 Å². The van der Waals surface area contributed by atoms with Crippen LogP contribution in [0, 0.1) is 5.92 Å². The van der Waals surface area contributed by atoms with Gasteiger partial charge in [0.15, 0.2) is 0 Å². The lowest BCUT2D eigenvalue weighted by Crippen LogP contribution is -2.34. The number of aromatic nitrogens is 2. The first-order chi connectivity index (χ1) is 7.28. The van der Waals surface area contributed by atoms with E-state index in [1.54, 1.807) is 0 Å². The summed E-state index contributed by atoms with van der Waals surface area (Å²) in [5, 5.41) is 9.53. The van der Waals surface area contributed by atoms with Gasteiger partial charge in [0.2, 0.25) is 5.13 Å². The largest absolute Gasteiger partial charge is 0.374 e. The van der Waals surface area contributed by atoms with Crippen molar-refractivity contribution >= 4 is 16.5 Å². The lowest BCUT2D eigenvalue weighted by atomic mass is 9.96. The van der Waals surface area contributed by atoms with E-state index >= 15 is 0 Å². The normalized spacial score (nSPS) is 23.1. The molecule has 1 aromatic rings. The van der Waals surface area contributed by atoms with Crippen LogP contribution in [0.4, 0.5) is 5.13 Å². The quantitative estimate of drug-likeness (QED) is 0.853. The van der Waals surface area contributed by atoms with Gasteiger partial charge in [-0.05, 0) is 25.3 Å². The van der Waals surface area contributed by atoms with Crippen molar-refractivity contribution in [3.8, 4) is 0 Å². The molecule has 2 heterocycles. The van der Waals surface area contributed by atoms with Crippen molar-refractivity contribution < 1.29 is 0 Å². The highest BCUT2D eigenvalue weighted by molar-refractivity contribution is 7.15. The van der Waals surface area contributed by atoms with Gasteiger partial charge in [0.1, 0.15) is 5.01 Å². The van der Waals surface area contributed by atoms with E-state index in [0.717, 1.165) is 17.5 Å². The third-order valence-electron chi connectivity index (χ3n) is 3.02. The molecule has 0 bridgehead atoms. The van der Waals surface area contributed by atoms with E-state index < -0.39 is 0 Å². The Balaban J connectivity index is 1.88. The predicted octanol–water partition coefficient (Wildman–Crippen LogP) is 1.74. The highest BCUT2D eigenvalue weighted by atomic mass is 32.1. The Hall–Kier alpha value is -0.680. The molecular weight excluding hydrogens is 208 g/mol. The van der Waals surface area contributed by atoms with Crippen molar-refractivity contribution in [3.05, 3.63) is 5.01 Å². The fourth-order valence-electron chi connectivity index (χ4n) is 2.15. The molecule has 1 fully saturated rings. The minimum absolute atomic E-state index is 0.578. The van der Waals surface area contributed by atoms with Crippen LogP contribution in [0.2, 0.25) is 0 Å². The molecule has 0 aromatic carbocycles. The van der Waals surface area contributed by atoms with Gasteiger partial charge < -0.3 is 5.73 Å². The molecule has 2 N–H and O–H groups in total. The van der Waals surface area contributed by atoms with Gasteiger partial charge in [-0.15, -0.1) is 10.2 Å². The lowest BCUT2D eigenvalue weighted by Gasteiger charge is -2.31. The Morgan fingerprint density at radius 3 is 3.07 bits per heavy atom. The summed E-state index contributed by atoms with van der Waals surface area (Å²) in [5.74, 6) is 0.865. The van der Waals surface area contributed by atoms with Crippen molar-refractivity contribution in [2.45, 2.75) is 32.7 Å². The molecule has 2 rings (SSSR count). The average Bonchev–Trinajstić information content (AvgIpc) is 2.64. The van der Waals surface area contributed by atoms with Gasteiger partial charge in [-0.2, -0.15) is 0 Å². The van der Waals surface area contributed by atoms with Crippen LogP contribution in [0.1, 0.15) is 31.2 Å². The summed E-state index contributed by atoms with van der Waals surface area (Å²) in [4.78, 5) is 2.47. The number of piperidine rings is 1. The minimum atomic E-state index is 0.578. The minimum Gasteiger partial charge on any atom is -0.374 e. The summed E-state index contributed by atoms with van der Waals surface area (Å²) in [6, 6.07) is 0.